The van der Waals surface area contributed by atoms with Gasteiger partial charge in [-0.3, -0.25) is 4.79 Å². The van der Waals surface area contributed by atoms with Crippen LogP contribution in [0.3, 0.4) is 0 Å². The lowest BCUT2D eigenvalue weighted by atomic mass is 9.99. The molecule has 19 heavy (non-hydrogen) atoms. The number of ketones is 1. The number of benzene rings is 2. The number of carboxylic acid groups (broad SMARTS) is 1. The topological polar surface area (TPSA) is 54.4 Å². The fourth-order valence-corrected chi connectivity index (χ4v) is 2.23. The molecule has 0 fully saturated rings. The van der Waals surface area contributed by atoms with E-state index in [-0.39, 0.29) is 27.8 Å². The molecule has 0 amide bonds. The molecule has 93 valence electrons. The summed E-state index contributed by atoms with van der Waals surface area (Å²) in [6.07, 6.45) is 0. The lowest BCUT2D eigenvalue weighted by molar-refractivity contribution is 0.0697. The molecule has 3 rings (SSSR count). The molecule has 1 aliphatic rings. The van der Waals surface area contributed by atoms with E-state index in [0.717, 1.165) is 18.2 Å². The van der Waals surface area contributed by atoms with E-state index in [1.165, 1.54) is 6.07 Å². The highest BCUT2D eigenvalue weighted by Crippen LogP contribution is 2.39. The first-order chi connectivity index (χ1) is 8.99. The minimum absolute atomic E-state index is 0.0272. The van der Waals surface area contributed by atoms with Gasteiger partial charge in [0.15, 0.2) is 5.78 Å². The highest BCUT2D eigenvalue weighted by Gasteiger charge is 2.32. The molecule has 2 aromatic rings. The van der Waals surface area contributed by atoms with Crippen LogP contribution in [0.1, 0.15) is 26.3 Å². The van der Waals surface area contributed by atoms with Gasteiger partial charge in [0.2, 0.25) is 0 Å². The molecule has 1 N–H and O–H groups in total. The second-order valence-corrected chi connectivity index (χ2v) is 4.11. The van der Waals surface area contributed by atoms with Crippen molar-refractivity contribution >= 4 is 11.8 Å². The molecule has 0 aliphatic heterocycles. The lowest BCUT2D eigenvalue weighted by Gasteiger charge is -2.04. The minimum atomic E-state index is -1.35. The number of fused-ring (bicyclic) bond motifs is 3. The highest BCUT2D eigenvalue weighted by molar-refractivity contribution is 6.24. The van der Waals surface area contributed by atoms with Gasteiger partial charge in [-0.15, -0.1) is 0 Å². The maximum absolute atomic E-state index is 13.3. The Morgan fingerprint density at radius 2 is 1.89 bits per heavy atom. The van der Waals surface area contributed by atoms with E-state index in [4.69, 9.17) is 5.11 Å². The molecule has 0 spiro atoms. The zero-order chi connectivity index (χ0) is 13.7. The Morgan fingerprint density at radius 3 is 2.58 bits per heavy atom. The summed E-state index contributed by atoms with van der Waals surface area (Å²) in [5.41, 5.74) is -0.0914. The number of carbonyl (C=O) groups excluding carboxylic acids is 1. The third kappa shape index (κ3) is 1.55. The first-order valence-corrected chi connectivity index (χ1v) is 5.33. The van der Waals surface area contributed by atoms with Crippen LogP contribution >= 0.6 is 0 Å². The van der Waals surface area contributed by atoms with Crippen LogP contribution in [0.2, 0.25) is 0 Å². The van der Waals surface area contributed by atoms with Crippen molar-refractivity contribution in [2.45, 2.75) is 0 Å². The van der Waals surface area contributed by atoms with Crippen molar-refractivity contribution in [2.24, 2.45) is 0 Å². The summed E-state index contributed by atoms with van der Waals surface area (Å²) in [6, 6.07) is 6.44. The molecular weight excluding hydrogens is 254 g/mol. The summed E-state index contributed by atoms with van der Waals surface area (Å²) in [4.78, 5) is 23.1. The number of carbonyl (C=O) groups is 2. The maximum Gasteiger partial charge on any atom is 0.336 e. The van der Waals surface area contributed by atoms with Crippen LogP contribution in [0, 0.1) is 17.7 Å². The molecule has 0 atom stereocenters. The van der Waals surface area contributed by atoms with Gasteiger partial charge in [-0.25, -0.2) is 13.6 Å². The predicted octanol–water partition coefficient (Wildman–Crippen LogP) is 2.67. The van der Waals surface area contributed by atoms with Crippen molar-refractivity contribution in [3.8, 4) is 11.1 Å². The Kier molecular flexibility index (Phi) is 2.25. The van der Waals surface area contributed by atoms with Crippen molar-refractivity contribution < 1.29 is 23.5 Å². The van der Waals surface area contributed by atoms with E-state index in [0.29, 0.717) is 0 Å². The van der Waals surface area contributed by atoms with E-state index in [1.807, 2.05) is 0 Å². The lowest BCUT2D eigenvalue weighted by Crippen LogP contribution is -2.03. The number of carboxylic acids is 1. The first kappa shape index (κ1) is 11.5. The largest absolute Gasteiger partial charge is 0.478 e. The van der Waals surface area contributed by atoms with Crippen LogP contribution in [0.25, 0.3) is 11.1 Å². The Labute approximate surface area is 106 Å². The van der Waals surface area contributed by atoms with Crippen molar-refractivity contribution in [3.05, 3.63) is 58.7 Å². The quantitative estimate of drug-likeness (QED) is 0.731. The van der Waals surface area contributed by atoms with Crippen LogP contribution < -0.4 is 0 Å². The normalized spacial score (nSPS) is 12.2. The summed E-state index contributed by atoms with van der Waals surface area (Å²) < 4.78 is 26.5. The molecule has 1 radical (unpaired) electrons. The standard InChI is InChI=1S/C14H5F2O3/c15-6-1-2-8-9(3-6)13(17)10-4-7(16)5-11(12(8)10)14(18)19/h1-3,5H,(H,18,19). The zero-order valence-electron chi connectivity index (χ0n) is 9.33. The van der Waals surface area contributed by atoms with Gasteiger partial charge >= 0.3 is 5.97 Å². The average molecular weight is 259 g/mol. The van der Waals surface area contributed by atoms with Crippen LogP contribution in [0.4, 0.5) is 8.78 Å². The van der Waals surface area contributed by atoms with Gasteiger partial charge in [0, 0.05) is 22.8 Å². The van der Waals surface area contributed by atoms with Crippen LogP contribution in [0.5, 0.6) is 0 Å². The van der Waals surface area contributed by atoms with Gasteiger partial charge in [-0.2, -0.15) is 0 Å². The number of hydrogen-bond donors (Lipinski definition) is 1. The van der Waals surface area contributed by atoms with E-state index < -0.39 is 23.4 Å². The second-order valence-electron chi connectivity index (χ2n) is 4.11. The van der Waals surface area contributed by atoms with Crippen molar-refractivity contribution in [3.63, 3.8) is 0 Å². The molecule has 0 aromatic heterocycles. The Morgan fingerprint density at radius 1 is 1.16 bits per heavy atom. The number of aromatic carboxylic acids is 1. The van der Waals surface area contributed by atoms with Gasteiger partial charge in [0.1, 0.15) is 11.6 Å². The van der Waals surface area contributed by atoms with Gasteiger partial charge in [0.05, 0.1) is 5.56 Å². The monoisotopic (exact) mass is 259 g/mol. The van der Waals surface area contributed by atoms with Crippen LogP contribution in [-0.4, -0.2) is 16.9 Å². The SMILES string of the molecule is O=C1c2[c]c(F)cc(C(=O)O)c2-c2ccc(F)cc21. The van der Waals surface area contributed by atoms with Crippen molar-refractivity contribution in [1.29, 1.82) is 0 Å². The number of halogens is 2. The molecule has 2 aromatic carbocycles. The summed E-state index contributed by atoms with van der Waals surface area (Å²) in [7, 11) is 0. The Balaban J connectivity index is 2.41. The molecule has 0 saturated heterocycles. The van der Waals surface area contributed by atoms with Gasteiger partial charge in [0.25, 0.3) is 0 Å². The van der Waals surface area contributed by atoms with E-state index in [9.17, 15) is 18.4 Å². The zero-order valence-corrected chi connectivity index (χ0v) is 9.33. The van der Waals surface area contributed by atoms with E-state index >= 15 is 0 Å². The Hall–Kier alpha value is -2.56. The number of rotatable bonds is 1. The van der Waals surface area contributed by atoms with Crippen molar-refractivity contribution in [2.75, 3.05) is 0 Å². The van der Waals surface area contributed by atoms with Gasteiger partial charge in [-0.1, -0.05) is 6.07 Å². The third-order valence-corrected chi connectivity index (χ3v) is 2.99. The molecule has 0 unspecified atom stereocenters. The number of hydrogen-bond acceptors (Lipinski definition) is 2. The van der Waals surface area contributed by atoms with Crippen LogP contribution in [0.15, 0.2) is 24.3 Å². The summed E-state index contributed by atoms with van der Waals surface area (Å²) >= 11 is 0. The molecule has 3 nitrogen and oxygen atoms in total. The summed E-state index contributed by atoms with van der Waals surface area (Å²) in [5.74, 6) is -3.52. The fourth-order valence-electron chi connectivity index (χ4n) is 2.23. The molecule has 0 saturated carbocycles. The molecule has 0 heterocycles. The molecule has 1 aliphatic carbocycles. The minimum Gasteiger partial charge on any atom is -0.478 e. The van der Waals surface area contributed by atoms with Gasteiger partial charge in [-0.05, 0) is 23.8 Å². The summed E-state index contributed by atoms with van der Waals surface area (Å²) in [5, 5.41) is 9.07. The first-order valence-electron chi connectivity index (χ1n) is 5.33. The highest BCUT2D eigenvalue weighted by atomic mass is 19.1. The van der Waals surface area contributed by atoms with Crippen LogP contribution in [-0.2, 0) is 0 Å². The predicted molar refractivity (Wildman–Crippen MR) is 61.0 cm³/mol. The Bertz CT molecular complexity index is 751. The third-order valence-electron chi connectivity index (χ3n) is 2.99. The smallest absolute Gasteiger partial charge is 0.336 e. The molecule has 5 heteroatoms. The fraction of sp³-hybridized carbons (Fsp3) is 0. The van der Waals surface area contributed by atoms with E-state index in [1.54, 1.807) is 0 Å². The molecule has 0 bridgehead atoms. The van der Waals surface area contributed by atoms with Gasteiger partial charge < -0.3 is 5.11 Å². The van der Waals surface area contributed by atoms with E-state index in [2.05, 4.69) is 6.07 Å². The maximum atomic E-state index is 13.3. The second kappa shape index (κ2) is 3.71. The van der Waals surface area contributed by atoms with Crippen molar-refractivity contribution in [1.82, 2.24) is 0 Å². The molecular formula is C14H5F2O3. The average Bonchev–Trinajstić information content (AvgIpc) is 2.62. The summed E-state index contributed by atoms with van der Waals surface area (Å²) in [6.45, 7) is 0.